The predicted molar refractivity (Wildman–Crippen MR) is 391 cm³/mol. The molecule has 16 bridgehead atoms. The first-order chi connectivity index (χ1) is 48.2. The molecule has 24 nitrogen and oxygen atoms in total. The molecule has 0 saturated heterocycles. The van der Waals surface area contributed by atoms with Gasteiger partial charge in [0.2, 0.25) is 0 Å². The third-order valence-electron chi connectivity index (χ3n) is 16.7. The molecule has 9 rings (SSSR count). The molecule has 0 radical (unpaired) electrons. The van der Waals surface area contributed by atoms with Crippen LogP contribution in [0.1, 0.15) is 89.0 Å². The highest BCUT2D eigenvalue weighted by Crippen LogP contribution is 2.46. The molecular weight excluding hydrogens is 1690 g/mol. The quantitative estimate of drug-likeness (QED) is 0.0811. The Balaban J connectivity index is 1.43. The van der Waals surface area contributed by atoms with Crippen molar-refractivity contribution in [3.8, 4) is 46.0 Å². The van der Waals surface area contributed by atoms with Gasteiger partial charge in [-0.25, -0.2) is 67.3 Å². The van der Waals surface area contributed by atoms with Crippen molar-refractivity contribution in [3.05, 3.63) is 186 Å². The molecule has 560 valence electrons. The van der Waals surface area contributed by atoms with E-state index in [0.717, 1.165) is 97.1 Å². The smallest absolute Gasteiger partial charge is 0.261 e. The highest BCUT2D eigenvalue weighted by atomic mass is 35.7. The Morgan fingerprint density at radius 3 is 0.288 bits per heavy atom. The van der Waals surface area contributed by atoms with E-state index in [1.165, 1.54) is 56.9 Å². The topological polar surface area (TPSA) is 347 Å². The van der Waals surface area contributed by atoms with Crippen molar-refractivity contribution in [2.75, 3.05) is 56.9 Å². The maximum absolute atomic E-state index is 13.6. The second-order valence-electron chi connectivity index (χ2n) is 23.1. The average molecular weight is 1750 g/mol. The molecular formula is C64H56Cl8O24S8. The maximum atomic E-state index is 13.6. The van der Waals surface area contributed by atoms with Crippen LogP contribution in [0, 0.1) is 0 Å². The van der Waals surface area contributed by atoms with Crippen molar-refractivity contribution in [1.82, 2.24) is 0 Å². The molecule has 8 aromatic carbocycles. The van der Waals surface area contributed by atoms with E-state index in [1.54, 1.807) is 0 Å². The number of rotatable bonds is 16. The summed E-state index contributed by atoms with van der Waals surface area (Å²) < 4.78 is 266. The van der Waals surface area contributed by atoms with Crippen LogP contribution in [0.2, 0.25) is 0 Å². The summed E-state index contributed by atoms with van der Waals surface area (Å²) in [6, 6.07) is 17.7. The summed E-state index contributed by atoms with van der Waals surface area (Å²) in [6.45, 7) is 0. The molecule has 8 aromatic rings. The van der Waals surface area contributed by atoms with Gasteiger partial charge in [-0.05, 0) is 97.1 Å². The third kappa shape index (κ3) is 18.3. The van der Waals surface area contributed by atoms with Gasteiger partial charge in [-0.1, -0.05) is 0 Å². The zero-order valence-corrected chi connectivity index (χ0v) is 67.6. The maximum Gasteiger partial charge on any atom is 0.261 e. The molecule has 0 atom stereocenters. The lowest BCUT2D eigenvalue weighted by Gasteiger charge is -2.22. The van der Waals surface area contributed by atoms with E-state index >= 15 is 0 Å². The Bertz CT molecular complexity index is 4600. The van der Waals surface area contributed by atoms with Crippen LogP contribution in [0.25, 0.3) is 0 Å². The van der Waals surface area contributed by atoms with Gasteiger partial charge in [0.15, 0.2) is 0 Å². The number of hydrogen-bond donors (Lipinski definition) is 0. The molecule has 0 spiro atoms. The van der Waals surface area contributed by atoms with Crippen LogP contribution in [0.4, 0.5) is 0 Å². The van der Waals surface area contributed by atoms with Gasteiger partial charge in [-0.2, -0.15) is 0 Å². The molecule has 1 aliphatic carbocycles. The Morgan fingerprint density at radius 1 is 0.173 bits per heavy atom. The summed E-state index contributed by atoms with van der Waals surface area (Å²) in [7, 11) is 20.6. The first-order valence-corrected chi connectivity index (χ1v) is 47.8. The van der Waals surface area contributed by atoms with E-state index in [4.69, 9.17) is 123 Å². The zero-order chi connectivity index (χ0) is 77.1. The van der Waals surface area contributed by atoms with Crippen molar-refractivity contribution in [1.29, 1.82) is 0 Å². The number of fused-ring (bicyclic) bond motifs is 16. The minimum absolute atomic E-state index is 0.0431. The lowest BCUT2D eigenvalue weighted by atomic mass is 9.91. The van der Waals surface area contributed by atoms with Gasteiger partial charge in [0.1, 0.15) is 46.0 Å². The van der Waals surface area contributed by atoms with E-state index in [9.17, 15) is 67.3 Å². The van der Waals surface area contributed by atoms with Crippen molar-refractivity contribution >= 4 is 158 Å². The third-order valence-corrected chi connectivity index (χ3v) is 27.3. The van der Waals surface area contributed by atoms with Crippen molar-refractivity contribution in [2.45, 2.75) is 90.5 Å². The van der Waals surface area contributed by atoms with E-state index in [1.807, 2.05) is 0 Å². The summed E-state index contributed by atoms with van der Waals surface area (Å²) in [4.78, 5) is -4.59. The number of benzene rings is 8. The van der Waals surface area contributed by atoms with Gasteiger partial charge < -0.3 is 37.9 Å². The molecule has 0 fully saturated rings. The monoisotopic (exact) mass is 1740 g/mol. The standard InChI is InChI=1S/C64H56Cl8O24S8/c1-89-57-33-9-35-19-50(98(66,75)76)21-37(58(35)90-2)11-39-23-52(100(68,79)80)25-41(60(39)92-4)13-43-27-54(102(70,83)84)29-45(62(43)94-6)15-47-31-56(104(72,87)88)32-48(64(47)96-8)16-46-30-55(103(71,85)86)28-44(63(46)95-7)14-42-26-53(101(69,81)82)24-40(61(42)93-5)12-38-22-51(99(67,77)78)20-36(59(38)91-3)10-34(57)18-49(17-33)97(65,73)74/h17-32H,9-16H2,1-8H3. The fourth-order valence-electron chi connectivity index (χ4n) is 12.7. The fraction of sp³-hybridized carbons (Fsp3) is 0.250. The molecule has 0 aliphatic heterocycles. The summed E-state index contributed by atoms with van der Waals surface area (Å²) in [6.07, 6.45) is -4.06. The van der Waals surface area contributed by atoms with E-state index in [0.29, 0.717) is 0 Å². The molecule has 0 heterocycles. The van der Waals surface area contributed by atoms with Gasteiger partial charge in [0, 0.05) is 226 Å². The molecule has 0 unspecified atom stereocenters. The van der Waals surface area contributed by atoms with Gasteiger partial charge in [0.05, 0.1) is 96.0 Å². The minimum Gasteiger partial charge on any atom is -0.496 e. The zero-order valence-electron chi connectivity index (χ0n) is 55.0. The molecule has 104 heavy (non-hydrogen) atoms. The fourth-order valence-corrected chi connectivity index (χ4v) is 19.4. The van der Waals surface area contributed by atoms with Crippen LogP contribution in [0.15, 0.2) is 136 Å². The SMILES string of the molecule is COc1c2cc(S(=O)(=O)Cl)cc1Cc1cc(S(=O)(=O)Cl)cc(c1OC)Cc1cc(S(=O)(=O)Cl)cc(c1OC)Cc1cc(S(=O)(=O)Cl)cc(c1OC)Cc1cc(S(=O)(=O)Cl)cc(c1OC)Cc1cc(S(=O)(=O)Cl)cc(c1OC)Cc1cc(S(=O)(=O)Cl)cc(c1OC)Cc1cc(S(=O)(=O)Cl)cc(c1OC)C2. The van der Waals surface area contributed by atoms with Gasteiger partial charge >= 0.3 is 0 Å². The van der Waals surface area contributed by atoms with Crippen LogP contribution in [-0.2, 0) is 124 Å². The number of methoxy groups -OCH3 is 8. The van der Waals surface area contributed by atoms with Crippen LogP contribution in [0.3, 0.4) is 0 Å². The van der Waals surface area contributed by atoms with Crippen molar-refractivity contribution < 1.29 is 105 Å². The summed E-state index contributed by atoms with van der Waals surface area (Å²) >= 11 is 0. The Kier molecular flexibility index (Phi) is 24.5. The van der Waals surface area contributed by atoms with Crippen LogP contribution >= 0.6 is 85.5 Å². The molecule has 1 aliphatic rings. The first kappa shape index (κ1) is 82.1. The minimum atomic E-state index is -4.75. The van der Waals surface area contributed by atoms with Crippen molar-refractivity contribution in [2.24, 2.45) is 0 Å². The number of hydrogen-bond acceptors (Lipinski definition) is 24. The van der Waals surface area contributed by atoms with Crippen LogP contribution < -0.4 is 37.9 Å². The molecule has 0 amide bonds. The van der Waals surface area contributed by atoms with Crippen molar-refractivity contribution in [3.63, 3.8) is 0 Å². The number of ether oxygens (including phenoxy) is 8. The van der Waals surface area contributed by atoms with E-state index in [2.05, 4.69) is 0 Å². The molecule has 40 heteroatoms. The first-order valence-electron chi connectivity index (χ1n) is 29.3. The summed E-state index contributed by atoms with van der Waals surface area (Å²) in [5.74, 6) is -0.906. The lowest BCUT2D eigenvalue weighted by Crippen LogP contribution is -2.10. The predicted octanol–water partition coefficient (Wildman–Crippen LogP) is 12.2. The van der Waals surface area contributed by atoms with Gasteiger partial charge in [-0.3, -0.25) is 0 Å². The normalized spacial score (nSPS) is 13.7. The number of halogens is 8. The van der Waals surface area contributed by atoms with Gasteiger partial charge in [-0.15, -0.1) is 0 Å². The molecule has 0 N–H and O–H groups in total. The summed E-state index contributed by atoms with van der Waals surface area (Å²) in [5.41, 5.74) is -0.689. The molecule has 0 saturated carbocycles. The second-order valence-corrected chi connectivity index (χ2v) is 43.6. The Hall–Kier alpha value is -5.92. The van der Waals surface area contributed by atoms with E-state index < -0.39 is 163 Å². The highest BCUT2D eigenvalue weighted by molar-refractivity contribution is 8.15. The molecule has 0 aromatic heterocycles. The highest BCUT2D eigenvalue weighted by Gasteiger charge is 2.32. The second kappa shape index (κ2) is 31.0. The summed E-state index contributed by atoms with van der Waals surface area (Å²) in [5, 5.41) is 0. The van der Waals surface area contributed by atoms with Crippen LogP contribution in [-0.4, -0.2) is 124 Å². The largest absolute Gasteiger partial charge is 0.496 e. The lowest BCUT2D eigenvalue weighted by molar-refractivity contribution is 0.395. The van der Waals surface area contributed by atoms with Crippen LogP contribution in [0.5, 0.6) is 46.0 Å². The van der Waals surface area contributed by atoms with E-state index in [-0.39, 0.29) is 135 Å². The Morgan fingerprint density at radius 2 is 0.240 bits per heavy atom. The average Bonchev–Trinajstić information content (AvgIpc) is 0.773. The Labute approximate surface area is 636 Å². The van der Waals surface area contributed by atoms with Gasteiger partial charge in [0.25, 0.3) is 72.4 Å².